The molecule has 1 heterocycles. The number of nitrogens with one attached hydrogen (secondary N) is 2. The van der Waals surface area contributed by atoms with Gasteiger partial charge in [-0.3, -0.25) is 10.1 Å². The van der Waals surface area contributed by atoms with Gasteiger partial charge in [0.1, 0.15) is 12.4 Å². The van der Waals surface area contributed by atoms with Crippen molar-refractivity contribution >= 4 is 29.1 Å². The van der Waals surface area contributed by atoms with Gasteiger partial charge in [0, 0.05) is 11.8 Å². The molecule has 2 N–H and O–H groups in total. The molecule has 0 bridgehead atoms. The average Bonchev–Trinajstić information content (AvgIpc) is 2.91. The van der Waals surface area contributed by atoms with Crippen molar-refractivity contribution < 1.29 is 18.3 Å². The van der Waals surface area contributed by atoms with E-state index in [0.29, 0.717) is 0 Å². The first kappa shape index (κ1) is 18.4. The molecule has 0 aliphatic carbocycles. The highest BCUT2D eigenvalue weighted by atomic mass is 35.5. The highest BCUT2D eigenvalue weighted by molar-refractivity contribution is 5.88. The van der Waals surface area contributed by atoms with Gasteiger partial charge in [-0.05, 0) is 11.5 Å². The number of fused-ring (bicyclic) bond motifs is 1. The summed E-state index contributed by atoms with van der Waals surface area (Å²) < 4.78 is 31.8. The SMILES string of the molecule is Cl.O=C(NCCOc1cccc2ccccc12)C1CC(F)(F)CN1. The van der Waals surface area contributed by atoms with E-state index in [2.05, 4.69) is 10.6 Å². The Morgan fingerprint density at radius 2 is 2.00 bits per heavy atom. The first-order valence-corrected chi connectivity index (χ1v) is 7.55. The molecule has 24 heavy (non-hydrogen) atoms. The number of hydrogen-bond donors (Lipinski definition) is 2. The summed E-state index contributed by atoms with van der Waals surface area (Å²) in [6.07, 6.45) is -0.455. The largest absolute Gasteiger partial charge is 0.491 e. The molecular formula is C17H19ClF2N2O2. The zero-order valence-electron chi connectivity index (χ0n) is 12.9. The van der Waals surface area contributed by atoms with Crippen LogP contribution in [0.2, 0.25) is 0 Å². The highest BCUT2D eigenvalue weighted by Gasteiger charge is 2.42. The summed E-state index contributed by atoms with van der Waals surface area (Å²) in [6.45, 7) is 0.103. The van der Waals surface area contributed by atoms with Crippen LogP contribution in [0.1, 0.15) is 6.42 Å². The van der Waals surface area contributed by atoms with Crippen molar-refractivity contribution in [2.45, 2.75) is 18.4 Å². The van der Waals surface area contributed by atoms with Crippen molar-refractivity contribution in [1.29, 1.82) is 0 Å². The maximum absolute atomic E-state index is 13.0. The van der Waals surface area contributed by atoms with Gasteiger partial charge in [-0.2, -0.15) is 0 Å². The molecular weight excluding hydrogens is 338 g/mol. The first-order valence-electron chi connectivity index (χ1n) is 7.55. The Morgan fingerprint density at radius 1 is 1.25 bits per heavy atom. The van der Waals surface area contributed by atoms with Crippen LogP contribution in [-0.2, 0) is 4.79 Å². The fourth-order valence-corrected chi connectivity index (χ4v) is 2.68. The smallest absolute Gasteiger partial charge is 0.262 e. The van der Waals surface area contributed by atoms with Crippen molar-refractivity contribution in [3.05, 3.63) is 42.5 Å². The van der Waals surface area contributed by atoms with Crippen molar-refractivity contribution in [3.8, 4) is 5.75 Å². The van der Waals surface area contributed by atoms with Crippen molar-refractivity contribution in [2.24, 2.45) is 0 Å². The van der Waals surface area contributed by atoms with E-state index in [4.69, 9.17) is 4.74 Å². The lowest BCUT2D eigenvalue weighted by Crippen LogP contribution is -2.41. The van der Waals surface area contributed by atoms with Gasteiger partial charge < -0.3 is 10.1 Å². The number of benzene rings is 2. The molecule has 1 aliphatic rings. The van der Waals surface area contributed by atoms with Crippen LogP contribution in [0, 0.1) is 0 Å². The van der Waals surface area contributed by atoms with Gasteiger partial charge >= 0.3 is 0 Å². The lowest BCUT2D eigenvalue weighted by atomic mass is 10.1. The van der Waals surface area contributed by atoms with Crippen LogP contribution in [0.3, 0.4) is 0 Å². The number of carbonyl (C=O) groups is 1. The topological polar surface area (TPSA) is 50.4 Å². The monoisotopic (exact) mass is 356 g/mol. The molecule has 1 aliphatic heterocycles. The predicted molar refractivity (Wildman–Crippen MR) is 91.1 cm³/mol. The van der Waals surface area contributed by atoms with E-state index < -0.39 is 30.8 Å². The van der Waals surface area contributed by atoms with E-state index >= 15 is 0 Å². The summed E-state index contributed by atoms with van der Waals surface area (Å²) in [4.78, 5) is 11.8. The quantitative estimate of drug-likeness (QED) is 0.810. The minimum atomic E-state index is -2.80. The van der Waals surface area contributed by atoms with Crippen LogP contribution in [-0.4, -0.2) is 37.6 Å². The number of halogens is 3. The molecule has 1 fully saturated rings. The van der Waals surface area contributed by atoms with Gasteiger partial charge in [-0.15, -0.1) is 12.4 Å². The Morgan fingerprint density at radius 3 is 2.75 bits per heavy atom. The van der Waals surface area contributed by atoms with E-state index in [1.54, 1.807) is 0 Å². The zero-order valence-corrected chi connectivity index (χ0v) is 13.7. The van der Waals surface area contributed by atoms with Crippen LogP contribution in [0.4, 0.5) is 8.78 Å². The molecule has 0 radical (unpaired) electrons. The standard InChI is InChI=1S/C17H18F2N2O2.ClH/c18-17(19)10-14(21-11-17)16(22)20-8-9-23-15-7-3-5-12-4-1-2-6-13(12)15;/h1-7,14,21H,8-11H2,(H,20,22);1H. The molecule has 1 atom stereocenters. The molecule has 2 aromatic carbocycles. The summed E-state index contributed by atoms with van der Waals surface area (Å²) in [5.41, 5.74) is 0. The Hall–Kier alpha value is -1.92. The Kier molecular flexibility index (Phi) is 5.96. The average molecular weight is 357 g/mol. The van der Waals surface area contributed by atoms with Crippen molar-refractivity contribution in [2.75, 3.05) is 19.7 Å². The molecule has 0 saturated carbocycles. The summed E-state index contributed by atoms with van der Waals surface area (Å²) in [5, 5.41) is 7.22. The number of carbonyl (C=O) groups excluding carboxylic acids is 1. The lowest BCUT2D eigenvalue weighted by Gasteiger charge is -2.12. The number of hydrogen-bond acceptors (Lipinski definition) is 3. The molecule has 0 aromatic heterocycles. The molecule has 1 saturated heterocycles. The van der Waals surface area contributed by atoms with Gasteiger partial charge in [-0.1, -0.05) is 36.4 Å². The molecule has 2 aromatic rings. The third-order valence-electron chi connectivity index (χ3n) is 3.83. The lowest BCUT2D eigenvalue weighted by molar-refractivity contribution is -0.123. The fraction of sp³-hybridized carbons (Fsp3) is 0.353. The van der Waals surface area contributed by atoms with Crippen LogP contribution in [0.25, 0.3) is 10.8 Å². The Balaban J connectivity index is 0.00000208. The highest BCUT2D eigenvalue weighted by Crippen LogP contribution is 2.26. The summed E-state index contributed by atoms with van der Waals surface area (Å²) >= 11 is 0. The molecule has 3 rings (SSSR count). The third-order valence-corrected chi connectivity index (χ3v) is 3.83. The second-order valence-electron chi connectivity index (χ2n) is 5.61. The third kappa shape index (κ3) is 4.33. The van der Waals surface area contributed by atoms with E-state index in [0.717, 1.165) is 16.5 Å². The summed E-state index contributed by atoms with van der Waals surface area (Å²) in [7, 11) is 0. The van der Waals surface area contributed by atoms with Gasteiger partial charge in [-0.25, -0.2) is 8.78 Å². The molecule has 0 spiro atoms. The minimum absolute atomic E-state index is 0. The zero-order chi connectivity index (χ0) is 16.3. The van der Waals surface area contributed by atoms with Gasteiger partial charge in [0.05, 0.1) is 19.1 Å². The van der Waals surface area contributed by atoms with Crippen LogP contribution < -0.4 is 15.4 Å². The molecule has 1 unspecified atom stereocenters. The number of ether oxygens (including phenoxy) is 1. The Labute approximate surface area is 145 Å². The minimum Gasteiger partial charge on any atom is -0.491 e. The summed E-state index contributed by atoms with van der Waals surface area (Å²) in [5.74, 6) is -2.48. The maximum Gasteiger partial charge on any atom is 0.262 e. The van der Waals surface area contributed by atoms with Gasteiger partial charge in [0.2, 0.25) is 5.91 Å². The molecule has 130 valence electrons. The van der Waals surface area contributed by atoms with Crippen LogP contribution >= 0.6 is 12.4 Å². The van der Waals surface area contributed by atoms with Crippen molar-refractivity contribution in [1.82, 2.24) is 10.6 Å². The second kappa shape index (κ2) is 7.77. The maximum atomic E-state index is 13.0. The molecule has 1 amide bonds. The van der Waals surface area contributed by atoms with E-state index in [1.807, 2.05) is 42.5 Å². The van der Waals surface area contributed by atoms with Crippen LogP contribution in [0.15, 0.2) is 42.5 Å². The predicted octanol–water partition coefficient (Wildman–Crippen LogP) is 2.75. The number of rotatable bonds is 5. The normalized spacial score (nSPS) is 18.8. The first-order chi connectivity index (χ1) is 11.1. The van der Waals surface area contributed by atoms with Crippen LogP contribution in [0.5, 0.6) is 5.75 Å². The van der Waals surface area contributed by atoms with E-state index in [9.17, 15) is 13.6 Å². The van der Waals surface area contributed by atoms with E-state index in [1.165, 1.54) is 0 Å². The van der Waals surface area contributed by atoms with Gasteiger partial charge in [0.25, 0.3) is 5.92 Å². The van der Waals surface area contributed by atoms with Gasteiger partial charge in [0.15, 0.2) is 0 Å². The van der Waals surface area contributed by atoms with E-state index in [-0.39, 0.29) is 25.6 Å². The second-order valence-corrected chi connectivity index (χ2v) is 5.61. The molecule has 7 heteroatoms. The fourth-order valence-electron chi connectivity index (χ4n) is 2.68. The number of alkyl halides is 2. The number of amides is 1. The van der Waals surface area contributed by atoms with Crippen molar-refractivity contribution in [3.63, 3.8) is 0 Å². The Bertz CT molecular complexity index is 707. The molecule has 4 nitrogen and oxygen atoms in total. The summed E-state index contributed by atoms with van der Waals surface area (Å²) in [6, 6.07) is 12.8.